The largest absolute Gasteiger partial charge is 0.478 e. The van der Waals surface area contributed by atoms with E-state index in [-0.39, 0.29) is 5.56 Å². The maximum Gasteiger partial charge on any atom is 0.337 e. The topological polar surface area (TPSA) is 66.6 Å². The van der Waals surface area contributed by atoms with Crippen molar-refractivity contribution < 1.29 is 9.90 Å². The summed E-state index contributed by atoms with van der Waals surface area (Å²) < 4.78 is 0. The van der Waals surface area contributed by atoms with Crippen LogP contribution >= 0.6 is 11.8 Å². The Morgan fingerprint density at radius 2 is 2.22 bits per heavy atom. The fourth-order valence-electron chi connectivity index (χ4n) is 1.87. The van der Waals surface area contributed by atoms with Crippen LogP contribution < -0.4 is 10.6 Å². The normalized spacial score (nSPS) is 12.2. The Kier molecular flexibility index (Phi) is 5.34. The molecule has 18 heavy (non-hydrogen) atoms. The van der Waals surface area contributed by atoms with Crippen LogP contribution in [0.3, 0.4) is 0 Å². The van der Waals surface area contributed by atoms with E-state index in [1.165, 1.54) is 0 Å². The van der Waals surface area contributed by atoms with Gasteiger partial charge in [-0.1, -0.05) is 6.92 Å². The molecule has 0 fully saturated rings. The molecule has 100 valence electrons. The van der Waals surface area contributed by atoms with Gasteiger partial charge in [-0.25, -0.2) is 4.79 Å². The number of carboxylic acid groups (broad SMARTS) is 1. The Bertz CT molecular complexity index is 423. The third kappa shape index (κ3) is 3.32. The highest BCUT2D eigenvalue weighted by atomic mass is 32.2. The fourth-order valence-corrected chi connectivity index (χ4v) is 2.72. The summed E-state index contributed by atoms with van der Waals surface area (Å²) in [7, 11) is 2.01. The number of carbonyl (C=O) groups is 1. The highest BCUT2D eigenvalue weighted by Crippen LogP contribution is 2.24. The monoisotopic (exact) mass is 268 g/mol. The molecule has 1 aromatic rings. The third-order valence-corrected chi connectivity index (χ3v) is 3.77. The van der Waals surface area contributed by atoms with E-state index < -0.39 is 5.97 Å². The smallest absolute Gasteiger partial charge is 0.337 e. The summed E-state index contributed by atoms with van der Waals surface area (Å²) in [5.74, 6) is 0.0472. The third-order valence-electron chi connectivity index (χ3n) is 3.05. The van der Waals surface area contributed by atoms with E-state index >= 15 is 0 Å². The van der Waals surface area contributed by atoms with Gasteiger partial charge in [0.15, 0.2) is 0 Å². The van der Waals surface area contributed by atoms with Crippen LogP contribution in [0.1, 0.15) is 23.7 Å². The molecule has 0 aliphatic carbocycles. The number of aromatic carboxylic acids is 1. The maximum absolute atomic E-state index is 10.9. The molecule has 4 nitrogen and oxygen atoms in total. The number of benzene rings is 1. The van der Waals surface area contributed by atoms with E-state index in [4.69, 9.17) is 10.8 Å². The second-order valence-corrected chi connectivity index (χ2v) is 5.12. The molecule has 0 bridgehead atoms. The van der Waals surface area contributed by atoms with Crippen LogP contribution in [0.2, 0.25) is 0 Å². The molecule has 0 saturated carbocycles. The molecule has 5 heteroatoms. The first-order chi connectivity index (χ1) is 8.51. The molecule has 1 unspecified atom stereocenters. The van der Waals surface area contributed by atoms with Gasteiger partial charge in [-0.15, -0.1) is 0 Å². The molecule has 3 N–H and O–H groups in total. The Labute approximate surface area is 112 Å². The second-order valence-electron chi connectivity index (χ2n) is 4.21. The second kappa shape index (κ2) is 6.54. The summed E-state index contributed by atoms with van der Waals surface area (Å²) >= 11 is 1.80. The minimum Gasteiger partial charge on any atom is -0.478 e. The molecule has 1 atom stereocenters. The lowest BCUT2D eigenvalue weighted by molar-refractivity contribution is 0.0698. The predicted molar refractivity (Wildman–Crippen MR) is 78.7 cm³/mol. The number of rotatable bonds is 6. The van der Waals surface area contributed by atoms with Gasteiger partial charge in [-0.2, -0.15) is 11.8 Å². The molecule has 0 saturated heterocycles. The lowest BCUT2D eigenvalue weighted by Crippen LogP contribution is -2.33. The van der Waals surface area contributed by atoms with E-state index in [9.17, 15) is 4.79 Å². The van der Waals surface area contributed by atoms with Crippen molar-refractivity contribution in [3.63, 3.8) is 0 Å². The fraction of sp³-hybridized carbons (Fsp3) is 0.462. The summed E-state index contributed by atoms with van der Waals surface area (Å²) in [6.07, 6.45) is 3.12. The molecule has 0 aliphatic heterocycles. The van der Waals surface area contributed by atoms with Crippen molar-refractivity contribution in [3.8, 4) is 0 Å². The van der Waals surface area contributed by atoms with Gasteiger partial charge in [0.1, 0.15) is 0 Å². The Morgan fingerprint density at radius 1 is 1.56 bits per heavy atom. The summed E-state index contributed by atoms with van der Waals surface area (Å²) in [6.45, 7) is 2.15. The molecule has 0 aromatic heterocycles. The van der Waals surface area contributed by atoms with Crippen LogP contribution in [-0.2, 0) is 0 Å². The predicted octanol–water partition coefficient (Wildman–Crippen LogP) is 2.54. The van der Waals surface area contributed by atoms with Crippen LogP contribution in [0.15, 0.2) is 18.2 Å². The molecular formula is C13H20N2O2S. The first kappa shape index (κ1) is 14.7. The summed E-state index contributed by atoms with van der Waals surface area (Å²) in [5, 5.41) is 8.94. The van der Waals surface area contributed by atoms with Crippen LogP contribution in [0.4, 0.5) is 11.4 Å². The molecular weight excluding hydrogens is 248 g/mol. The molecule has 0 radical (unpaired) electrons. The number of nitrogens with zero attached hydrogens (tertiary/aromatic N) is 1. The van der Waals surface area contributed by atoms with Gasteiger partial charge < -0.3 is 15.7 Å². The van der Waals surface area contributed by atoms with E-state index in [2.05, 4.69) is 18.1 Å². The number of hydrogen-bond acceptors (Lipinski definition) is 4. The van der Waals surface area contributed by atoms with Crippen LogP contribution in [0.25, 0.3) is 0 Å². The molecule has 1 rings (SSSR count). The van der Waals surface area contributed by atoms with Gasteiger partial charge in [-0.3, -0.25) is 0 Å². The van der Waals surface area contributed by atoms with Gasteiger partial charge in [0.2, 0.25) is 0 Å². The number of anilines is 2. The lowest BCUT2D eigenvalue weighted by atomic mass is 10.1. The number of nitrogens with two attached hydrogens (primary N) is 1. The SMILES string of the molecule is CCC(CSC)N(C)c1ccc(C(=O)O)c(N)c1. The first-order valence-corrected chi connectivity index (χ1v) is 7.25. The van der Waals surface area contributed by atoms with E-state index in [1.807, 2.05) is 13.1 Å². The maximum atomic E-state index is 10.9. The zero-order valence-corrected chi connectivity index (χ0v) is 11.8. The van der Waals surface area contributed by atoms with Gasteiger partial charge in [0.25, 0.3) is 0 Å². The Hall–Kier alpha value is -1.36. The number of hydrogen-bond donors (Lipinski definition) is 2. The van der Waals surface area contributed by atoms with Gasteiger partial charge in [0, 0.05) is 30.2 Å². The van der Waals surface area contributed by atoms with Crippen molar-refractivity contribution in [2.45, 2.75) is 19.4 Å². The zero-order valence-electron chi connectivity index (χ0n) is 11.0. The molecule has 0 aliphatic rings. The zero-order chi connectivity index (χ0) is 13.7. The van der Waals surface area contributed by atoms with Crippen LogP contribution in [-0.4, -0.2) is 36.2 Å². The van der Waals surface area contributed by atoms with E-state index in [0.29, 0.717) is 11.7 Å². The quantitative estimate of drug-likeness (QED) is 0.776. The van der Waals surface area contributed by atoms with Crippen molar-refractivity contribution in [1.82, 2.24) is 0 Å². The van der Waals surface area contributed by atoms with Crippen molar-refractivity contribution in [1.29, 1.82) is 0 Å². The van der Waals surface area contributed by atoms with Gasteiger partial charge in [-0.05, 0) is 30.9 Å². The van der Waals surface area contributed by atoms with Gasteiger partial charge >= 0.3 is 5.97 Å². The number of carboxylic acids is 1. The average molecular weight is 268 g/mol. The first-order valence-electron chi connectivity index (χ1n) is 5.85. The van der Waals surface area contributed by atoms with Crippen molar-refractivity contribution in [3.05, 3.63) is 23.8 Å². The lowest BCUT2D eigenvalue weighted by Gasteiger charge is -2.29. The number of nitrogen functional groups attached to an aromatic ring is 1. The number of thioether (sulfide) groups is 1. The molecule has 0 amide bonds. The Balaban J connectivity index is 2.96. The van der Waals surface area contributed by atoms with Crippen LogP contribution in [0, 0.1) is 0 Å². The highest BCUT2D eigenvalue weighted by molar-refractivity contribution is 7.98. The van der Waals surface area contributed by atoms with E-state index in [1.54, 1.807) is 23.9 Å². The van der Waals surface area contributed by atoms with Crippen LogP contribution in [0.5, 0.6) is 0 Å². The Morgan fingerprint density at radius 3 is 2.67 bits per heavy atom. The average Bonchev–Trinajstić information content (AvgIpc) is 2.34. The minimum atomic E-state index is -0.988. The molecule has 1 aromatic carbocycles. The minimum absolute atomic E-state index is 0.157. The van der Waals surface area contributed by atoms with Crippen molar-refractivity contribution >= 4 is 29.1 Å². The van der Waals surface area contributed by atoms with Gasteiger partial charge in [0.05, 0.1) is 5.56 Å². The summed E-state index contributed by atoms with van der Waals surface area (Å²) in [5.41, 5.74) is 7.19. The summed E-state index contributed by atoms with van der Waals surface area (Å²) in [4.78, 5) is 13.0. The summed E-state index contributed by atoms with van der Waals surface area (Å²) in [6, 6.07) is 5.53. The molecule has 0 heterocycles. The highest BCUT2D eigenvalue weighted by Gasteiger charge is 2.15. The standard InChI is InChI=1S/C13H20N2O2S/c1-4-9(8-18-3)15(2)10-5-6-11(13(16)17)12(14)7-10/h5-7,9H,4,8,14H2,1-3H3,(H,16,17). The van der Waals surface area contributed by atoms with E-state index in [0.717, 1.165) is 17.9 Å². The molecule has 0 spiro atoms. The van der Waals surface area contributed by atoms with Crippen molar-refractivity contribution in [2.75, 3.05) is 29.7 Å². The van der Waals surface area contributed by atoms with Crippen molar-refractivity contribution in [2.24, 2.45) is 0 Å².